The number of methoxy groups -OCH3 is 1. The maximum Gasteiger partial charge on any atom is 0.337 e. The topological polar surface area (TPSA) is 95.2 Å². The first-order valence-corrected chi connectivity index (χ1v) is 13.1. The van der Waals surface area contributed by atoms with Gasteiger partial charge in [-0.1, -0.05) is 54.6 Å². The Hall–Kier alpha value is -4.76. The number of para-hydroxylation sites is 1. The van der Waals surface area contributed by atoms with E-state index in [9.17, 15) is 14.4 Å². The minimum Gasteiger partial charge on any atom is -0.465 e. The zero-order chi connectivity index (χ0) is 27.3. The lowest BCUT2D eigenvalue weighted by Crippen LogP contribution is -2.42. The molecule has 1 aliphatic rings. The molecule has 0 unspecified atom stereocenters. The largest absolute Gasteiger partial charge is 0.465 e. The van der Waals surface area contributed by atoms with Gasteiger partial charge in [-0.05, 0) is 35.4 Å². The van der Waals surface area contributed by atoms with Gasteiger partial charge < -0.3 is 10.1 Å². The van der Waals surface area contributed by atoms with E-state index in [-0.39, 0.29) is 0 Å². The zero-order valence-corrected chi connectivity index (χ0v) is 22.3. The van der Waals surface area contributed by atoms with Crippen molar-refractivity contribution in [3.8, 4) is 0 Å². The van der Waals surface area contributed by atoms with Crippen LogP contribution in [0.1, 0.15) is 38.0 Å². The van der Waals surface area contributed by atoms with Crippen molar-refractivity contribution in [1.29, 1.82) is 0 Å². The SMILES string of the molecule is COC(=O)c1ccc([C@H]2C(c3nc4ccccc4s3)=C(c3ccccc3)Nc3c2c(=O)n(C)c(=O)n3C)cc1. The van der Waals surface area contributed by atoms with Crippen molar-refractivity contribution in [1.82, 2.24) is 14.1 Å². The third-order valence-corrected chi connectivity index (χ3v) is 8.11. The van der Waals surface area contributed by atoms with Gasteiger partial charge in [0.2, 0.25) is 0 Å². The standard InChI is InChI=1S/C30H24N4O4S/c1-33-26-24(28(35)34(2)30(33)37)22(17-13-15-19(16-14-17)29(36)38-3)23(25(32-26)18-9-5-4-6-10-18)27-31-20-11-7-8-12-21(20)39-27/h4-16,22,32H,1-3H3/t22-/m0/s1. The molecule has 6 rings (SSSR count). The quantitative estimate of drug-likeness (QED) is 0.337. The van der Waals surface area contributed by atoms with Gasteiger partial charge in [0.1, 0.15) is 10.8 Å². The molecule has 0 saturated carbocycles. The Bertz CT molecular complexity index is 1870. The number of rotatable bonds is 4. The van der Waals surface area contributed by atoms with Crippen LogP contribution in [0.15, 0.2) is 88.5 Å². The molecule has 5 aromatic rings. The maximum absolute atomic E-state index is 13.8. The molecule has 0 aliphatic carbocycles. The van der Waals surface area contributed by atoms with Crippen LogP contribution in [0.25, 0.3) is 21.5 Å². The van der Waals surface area contributed by atoms with E-state index in [1.54, 1.807) is 30.5 Å². The smallest absolute Gasteiger partial charge is 0.337 e. The Morgan fingerprint density at radius 1 is 0.923 bits per heavy atom. The summed E-state index contributed by atoms with van der Waals surface area (Å²) >= 11 is 1.54. The van der Waals surface area contributed by atoms with Crippen LogP contribution in [-0.4, -0.2) is 27.2 Å². The normalized spacial score (nSPS) is 14.7. The molecule has 0 amide bonds. The van der Waals surface area contributed by atoms with Gasteiger partial charge in [-0.25, -0.2) is 14.6 Å². The van der Waals surface area contributed by atoms with E-state index in [0.29, 0.717) is 16.9 Å². The Morgan fingerprint density at radius 2 is 1.62 bits per heavy atom. The monoisotopic (exact) mass is 536 g/mol. The molecule has 0 saturated heterocycles. The lowest BCUT2D eigenvalue weighted by Gasteiger charge is -2.32. The highest BCUT2D eigenvalue weighted by Gasteiger charge is 2.37. The number of ether oxygens (including phenoxy) is 1. The van der Waals surface area contributed by atoms with Gasteiger partial charge in [-0.15, -0.1) is 11.3 Å². The molecule has 1 aliphatic heterocycles. The van der Waals surface area contributed by atoms with Gasteiger partial charge in [0, 0.05) is 25.6 Å². The van der Waals surface area contributed by atoms with Gasteiger partial charge in [0.25, 0.3) is 5.56 Å². The van der Waals surface area contributed by atoms with Crippen LogP contribution in [0, 0.1) is 0 Å². The van der Waals surface area contributed by atoms with Crippen LogP contribution in [0.5, 0.6) is 0 Å². The molecule has 0 spiro atoms. The molecule has 8 nitrogen and oxygen atoms in total. The van der Waals surface area contributed by atoms with Crippen LogP contribution >= 0.6 is 11.3 Å². The molecule has 3 aromatic carbocycles. The third-order valence-electron chi connectivity index (χ3n) is 7.04. The van der Waals surface area contributed by atoms with E-state index >= 15 is 0 Å². The second-order valence-corrected chi connectivity index (χ2v) is 10.3. The first kappa shape index (κ1) is 24.6. The van der Waals surface area contributed by atoms with Gasteiger partial charge in [0.15, 0.2) is 0 Å². The summed E-state index contributed by atoms with van der Waals surface area (Å²) in [6, 6.07) is 24.7. The fourth-order valence-corrected chi connectivity index (χ4v) is 6.12. The molecular weight excluding hydrogens is 512 g/mol. The number of nitrogens with one attached hydrogen (secondary N) is 1. The summed E-state index contributed by atoms with van der Waals surface area (Å²) in [6.45, 7) is 0. The fraction of sp³-hybridized carbons (Fsp3) is 0.133. The Morgan fingerprint density at radius 3 is 2.31 bits per heavy atom. The lowest BCUT2D eigenvalue weighted by molar-refractivity contribution is 0.0600. The first-order chi connectivity index (χ1) is 18.9. The van der Waals surface area contributed by atoms with Crippen molar-refractivity contribution in [3.63, 3.8) is 0 Å². The minimum absolute atomic E-state index is 0.395. The van der Waals surface area contributed by atoms with Crippen LogP contribution in [0.2, 0.25) is 0 Å². The number of nitrogens with zero attached hydrogens (tertiary/aromatic N) is 3. The number of carbonyl (C=O) groups excluding carboxylic acids is 1. The summed E-state index contributed by atoms with van der Waals surface area (Å²) in [5.74, 6) is -0.597. The molecule has 0 bridgehead atoms. The number of thiazole rings is 1. The predicted molar refractivity (Wildman–Crippen MR) is 153 cm³/mol. The van der Waals surface area contributed by atoms with E-state index in [1.165, 1.54) is 18.7 Å². The number of carbonyl (C=O) groups is 1. The van der Waals surface area contributed by atoms with Crippen LogP contribution in [0.3, 0.4) is 0 Å². The molecule has 1 atom stereocenters. The van der Waals surface area contributed by atoms with Crippen LogP contribution in [0.4, 0.5) is 5.82 Å². The fourth-order valence-electron chi connectivity index (χ4n) is 5.07. The highest BCUT2D eigenvalue weighted by Crippen LogP contribution is 2.48. The summed E-state index contributed by atoms with van der Waals surface area (Å²) in [7, 11) is 4.47. The van der Waals surface area contributed by atoms with Gasteiger partial charge in [-0.3, -0.25) is 13.9 Å². The van der Waals surface area contributed by atoms with Crippen molar-refractivity contribution >= 4 is 44.6 Å². The summed E-state index contributed by atoms with van der Waals surface area (Å²) in [4.78, 5) is 43.9. The molecule has 3 heterocycles. The Balaban J connectivity index is 1.72. The van der Waals surface area contributed by atoms with Crippen molar-refractivity contribution in [3.05, 3.63) is 127 Å². The number of aromatic nitrogens is 3. The second-order valence-electron chi connectivity index (χ2n) is 9.28. The molecular formula is C30H24N4O4S. The maximum atomic E-state index is 13.8. The summed E-state index contributed by atoms with van der Waals surface area (Å²) < 4.78 is 8.49. The number of anilines is 1. The van der Waals surface area contributed by atoms with E-state index in [4.69, 9.17) is 9.72 Å². The highest BCUT2D eigenvalue weighted by atomic mass is 32.1. The van der Waals surface area contributed by atoms with Crippen molar-refractivity contribution in [2.75, 3.05) is 12.4 Å². The first-order valence-electron chi connectivity index (χ1n) is 12.3. The van der Waals surface area contributed by atoms with E-state index < -0.39 is 23.1 Å². The van der Waals surface area contributed by atoms with Crippen molar-refractivity contribution in [2.45, 2.75) is 5.92 Å². The molecule has 0 fully saturated rings. The van der Waals surface area contributed by atoms with Crippen LogP contribution < -0.4 is 16.6 Å². The average Bonchev–Trinajstić information content (AvgIpc) is 3.42. The number of esters is 1. The minimum atomic E-state index is -0.575. The zero-order valence-electron chi connectivity index (χ0n) is 21.5. The van der Waals surface area contributed by atoms with E-state index in [1.807, 2.05) is 66.7 Å². The summed E-state index contributed by atoms with van der Waals surface area (Å²) in [6.07, 6.45) is 0. The molecule has 194 valence electrons. The number of allylic oxidation sites excluding steroid dienone is 1. The summed E-state index contributed by atoms with van der Waals surface area (Å²) in [5, 5.41) is 4.20. The van der Waals surface area contributed by atoms with E-state index in [2.05, 4.69) is 5.32 Å². The second kappa shape index (κ2) is 9.52. The molecule has 0 radical (unpaired) electrons. The summed E-state index contributed by atoms with van der Waals surface area (Å²) in [5.41, 5.74) is 4.11. The number of hydrogen-bond acceptors (Lipinski definition) is 7. The number of fused-ring (bicyclic) bond motifs is 2. The highest BCUT2D eigenvalue weighted by molar-refractivity contribution is 7.19. The molecule has 9 heteroatoms. The Kier molecular flexibility index (Phi) is 6.00. The van der Waals surface area contributed by atoms with Crippen molar-refractivity contribution in [2.24, 2.45) is 14.1 Å². The number of benzene rings is 3. The van der Waals surface area contributed by atoms with Gasteiger partial charge in [0.05, 0.1) is 34.2 Å². The lowest BCUT2D eigenvalue weighted by atomic mass is 9.81. The number of hydrogen-bond donors (Lipinski definition) is 1. The van der Waals surface area contributed by atoms with Gasteiger partial charge in [-0.2, -0.15) is 0 Å². The van der Waals surface area contributed by atoms with Gasteiger partial charge >= 0.3 is 11.7 Å². The average molecular weight is 537 g/mol. The Labute approximate surface area is 227 Å². The predicted octanol–water partition coefficient (Wildman–Crippen LogP) is 4.61. The van der Waals surface area contributed by atoms with Crippen LogP contribution in [-0.2, 0) is 18.8 Å². The third kappa shape index (κ3) is 3.98. The molecule has 39 heavy (non-hydrogen) atoms. The molecule has 2 aromatic heterocycles. The molecule has 1 N–H and O–H groups in total. The van der Waals surface area contributed by atoms with E-state index in [0.717, 1.165) is 42.2 Å². The van der Waals surface area contributed by atoms with Crippen molar-refractivity contribution < 1.29 is 9.53 Å².